The number of methoxy groups -OCH3 is 1. The van der Waals surface area contributed by atoms with Gasteiger partial charge in [0.05, 0.1) is 13.3 Å². The van der Waals surface area contributed by atoms with Crippen LogP contribution in [0.1, 0.15) is 20.8 Å². The van der Waals surface area contributed by atoms with Crippen LogP contribution in [-0.4, -0.2) is 25.1 Å². The molecule has 0 saturated heterocycles. The smallest absolute Gasteiger partial charge is 0.287 e. The van der Waals surface area contributed by atoms with Crippen LogP contribution in [-0.2, 0) is 4.79 Å². The zero-order valence-corrected chi connectivity index (χ0v) is 18.4. The van der Waals surface area contributed by atoms with E-state index in [9.17, 15) is 9.59 Å². The van der Waals surface area contributed by atoms with Crippen molar-refractivity contribution in [3.05, 3.63) is 92.2 Å². The summed E-state index contributed by atoms with van der Waals surface area (Å²) in [7, 11) is 1.58. The molecule has 2 amide bonds. The van der Waals surface area contributed by atoms with Gasteiger partial charge in [-0.15, -0.1) is 11.3 Å². The van der Waals surface area contributed by atoms with Gasteiger partial charge in [0.2, 0.25) is 0 Å². The first-order valence-electron chi connectivity index (χ1n) is 8.85. The van der Waals surface area contributed by atoms with E-state index < -0.39 is 11.8 Å². The number of benzene rings is 2. The van der Waals surface area contributed by atoms with Crippen LogP contribution in [0, 0.1) is 0 Å². The lowest BCUT2D eigenvalue weighted by atomic mass is 10.1. The van der Waals surface area contributed by atoms with Crippen LogP contribution in [0.3, 0.4) is 0 Å². The number of hydrogen-bond donors (Lipinski definition) is 2. The number of carbonyl (C=O) groups excluding carboxylic acids is 2. The fraction of sp³-hybridized carbons (Fsp3) is 0.0455. The predicted molar refractivity (Wildman–Crippen MR) is 123 cm³/mol. The molecule has 152 valence electrons. The minimum absolute atomic E-state index is 0.0681. The highest BCUT2D eigenvalue weighted by Crippen LogP contribution is 2.18. The van der Waals surface area contributed by atoms with Crippen LogP contribution in [0.4, 0.5) is 0 Å². The second kappa shape index (κ2) is 10.5. The average molecular weight is 484 g/mol. The summed E-state index contributed by atoms with van der Waals surface area (Å²) in [5.41, 5.74) is 3.69. The van der Waals surface area contributed by atoms with E-state index in [0.717, 1.165) is 14.9 Å². The number of nitrogens with zero attached hydrogens (tertiary/aromatic N) is 1. The molecule has 0 radical (unpaired) electrons. The summed E-state index contributed by atoms with van der Waals surface area (Å²) in [6.07, 6.45) is 3.12. The van der Waals surface area contributed by atoms with E-state index in [1.54, 1.807) is 61.7 Å². The summed E-state index contributed by atoms with van der Waals surface area (Å²) >= 11 is 4.85. The van der Waals surface area contributed by atoms with E-state index in [-0.39, 0.29) is 5.70 Å². The lowest BCUT2D eigenvalue weighted by molar-refractivity contribution is -0.117. The van der Waals surface area contributed by atoms with Gasteiger partial charge in [-0.25, -0.2) is 5.43 Å². The molecular formula is C22H18BrN3O3S. The van der Waals surface area contributed by atoms with Gasteiger partial charge in [-0.2, -0.15) is 5.10 Å². The van der Waals surface area contributed by atoms with Crippen LogP contribution in [0.5, 0.6) is 5.75 Å². The van der Waals surface area contributed by atoms with Crippen molar-refractivity contribution < 1.29 is 14.3 Å². The average Bonchev–Trinajstić information content (AvgIpc) is 3.19. The number of thiophene rings is 1. The van der Waals surface area contributed by atoms with Crippen molar-refractivity contribution in [3.63, 3.8) is 0 Å². The van der Waals surface area contributed by atoms with Gasteiger partial charge in [0.1, 0.15) is 11.4 Å². The molecule has 8 heteroatoms. The number of hydrazone groups is 1. The Morgan fingerprint density at radius 2 is 1.83 bits per heavy atom. The molecule has 0 bridgehead atoms. The van der Waals surface area contributed by atoms with Gasteiger partial charge in [0.15, 0.2) is 0 Å². The lowest BCUT2D eigenvalue weighted by Gasteiger charge is -2.09. The number of amides is 2. The molecule has 2 aromatic carbocycles. The Labute approximate surface area is 186 Å². The number of nitrogens with one attached hydrogen (secondary N) is 2. The van der Waals surface area contributed by atoms with Crippen molar-refractivity contribution in [2.75, 3.05) is 7.11 Å². The molecule has 0 aliphatic carbocycles. The fourth-order valence-corrected chi connectivity index (χ4v) is 3.72. The zero-order chi connectivity index (χ0) is 21.3. The predicted octanol–water partition coefficient (Wildman–Crippen LogP) is 4.44. The summed E-state index contributed by atoms with van der Waals surface area (Å²) in [6, 6.07) is 17.7. The largest absolute Gasteiger partial charge is 0.497 e. The van der Waals surface area contributed by atoms with Gasteiger partial charge in [0, 0.05) is 20.3 Å². The Morgan fingerprint density at radius 3 is 2.47 bits per heavy atom. The number of halogens is 1. The Kier molecular flexibility index (Phi) is 7.53. The van der Waals surface area contributed by atoms with E-state index in [4.69, 9.17) is 4.74 Å². The molecule has 30 heavy (non-hydrogen) atoms. The van der Waals surface area contributed by atoms with Gasteiger partial charge in [-0.05, 0) is 57.9 Å². The molecule has 0 atom stereocenters. The monoisotopic (exact) mass is 483 g/mol. The molecule has 0 saturated carbocycles. The third-order valence-electron chi connectivity index (χ3n) is 3.90. The molecule has 0 aliphatic heterocycles. The van der Waals surface area contributed by atoms with E-state index >= 15 is 0 Å². The summed E-state index contributed by atoms with van der Waals surface area (Å²) in [5, 5.41) is 8.56. The second-order valence-electron chi connectivity index (χ2n) is 6.02. The molecule has 3 aromatic rings. The number of rotatable bonds is 7. The van der Waals surface area contributed by atoms with E-state index in [1.165, 1.54) is 17.6 Å². The Bertz CT molecular complexity index is 1080. The Morgan fingerprint density at radius 1 is 1.10 bits per heavy atom. The Balaban J connectivity index is 1.79. The van der Waals surface area contributed by atoms with Crippen molar-refractivity contribution in [2.45, 2.75) is 0 Å². The molecule has 0 fully saturated rings. The molecule has 0 unspecified atom stereocenters. The minimum Gasteiger partial charge on any atom is -0.497 e. The first-order chi connectivity index (χ1) is 14.5. The highest BCUT2D eigenvalue weighted by Gasteiger charge is 2.14. The van der Waals surface area contributed by atoms with Gasteiger partial charge in [-0.3, -0.25) is 9.59 Å². The van der Waals surface area contributed by atoms with E-state index in [1.807, 2.05) is 17.5 Å². The standard InChI is InChI=1S/C22H18BrN3O3S/c1-29-18-9-7-15(8-10-18)11-20(25-21(27)16-5-3-2-4-6-16)22(28)26-24-13-19-12-17(23)14-30-19/h2-14H,1H3,(H,25,27)(H,26,28)/b20-11+,24-13+. The zero-order valence-electron chi connectivity index (χ0n) is 16.0. The summed E-state index contributed by atoms with van der Waals surface area (Å²) in [6.45, 7) is 0. The number of ether oxygens (including phenoxy) is 1. The normalized spacial score (nSPS) is 11.3. The van der Waals surface area contributed by atoms with Crippen molar-refractivity contribution in [1.82, 2.24) is 10.7 Å². The van der Waals surface area contributed by atoms with Crippen LogP contribution < -0.4 is 15.5 Å². The maximum absolute atomic E-state index is 12.7. The maximum Gasteiger partial charge on any atom is 0.287 e. The second-order valence-corrected chi connectivity index (χ2v) is 7.88. The number of carbonyl (C=O) groups is 2. The molecular weight excluding hydrogens is 466 g/mol. The highest BCUT2D eigenvalue weighted by atomic mass is 79.9. The summed E-state index contributed by atoms with van der Waals surface area (Å²) < 4.78 is 6.09. The molecule has 0 spiro atoms. The minimum atomic E-state index is -0.540. The van der Waals surface area contributed by atoms with Gasteiger partial charge in [0.25, 0.3) is 11.8 Å². The highest BCUT2D eigenvalue weighted by molar-refractivity contribution is 9.10. The fourth-order valence-electron chi connectivity index (χ4n) is 2.42. The van der Waals surface area contributed by atoms with Crippen LogP contribution >= 0.6 is 27.3 Å². The molecule has 1 heterocycles. The van der Waals surface area contributed by atoms with Crippen LogP contribution in [0.2, 0.25) is 0 Å². The maximum atomic E-state index is 12.7. The summed E-state index contributed by atoms with van der Waals surface area (Å²) in [4.78, 5) is 26.1. The molecule has 3 rings (SSSR count). The topological polar surface area (TPSA) is 79.8 Å². The van der Waals surface area contributed by atoms with Crippen LogP contribution in [0.25, 0.3) is 6.08 Å². The number of hydrogen-bond acceptors (Lipinski definition) is 5. The van der Waals surface area contributed by atoms with Crippen LogP contribution in [0.15, 0.2) is 81.3 Å². The van der Waals surface area contributed by atoms with Crippen molar-refractivity contribution in [2.24, 2.45) is 5.10 Å². The van der Waals surface area contributed by atoms with Gasteiger partial charge in [-0.1, -0.05) is 30.3 Å². The SMILES string of the molecule is COc1ccc(/C=C(/NC(=O)c2ccccc2)C(=O)N/N=C/c2cc(Br)cs2)cc1. The molecule has 1 aromatic heterocycles. The third kappa shape index (κ3) is 6.13. The quantitative estimate of drug-likeness (QED) is 0.296. The molecule has 2 N–H and O–H groups in total. The first-order valence-corrected chi connectivity index (χ1v) is 10.5. The Hall–Kier alpha value is -3.23. The van der Waals surface area contributed by atoms with Crippen molar-refractivity contribution in [3.8, 4) is 5.75 Å². The molecule has 6 nitrogen and oxygen atoms in total. The van der Waals surface area contributed by atoms with Crippen molar-refractivity contribution in [1.29, 1.82) is 0 Å². The third-order valence-corrected chi connectivity index (χ3v) is 5.53. The van der Waals surface area contributed by atoms with Crippen molar-refractivity contribution >= 4 is 51.4 Å². The van der Waals surface area contributed by atoms with Gasteiger partial charge < -0.3 is 10.1 Å². The van der Waals surface area contributed by atoms with E-state index in [0.29, 0.717) is 11.3 Å². The molecule has 0 aliphatic rings. The lowest BCUT2D eigenvalue weighted by Crippen LogP contribution is -2.32. The van der Waals surface area contributed by atoms with Gasteiger partial charge >= 0.3 is 0 Å². The van der Waals surface area contributed by atoms with E-state index in [2.05, 4.69) is 31.8 Å². The first kappa shape index (κ1) is 21.5. The summed E-state index contributed by atoms with van der Waals surface area (Å²) in [5.74, 6) is -0.239.